The van der Waals surface area contributed by atoms with Gasteiger partial charge in [0.05, 0.1) is 17.5 Å². The van der Waals surface area contributed by atoms with E-state index in [1.807, 2.05) is 6.92 Å². The molecule has 0 bridgehead atoms. The first-order valence-corrected chi connectivity index (χ1v) is 7.15. The number of nitrogens with zero attached hydrogens (tertiary/aromatic N) is 2. The first-order chi connectivity index (χ1) is 9.24. The maximum Gasteiger partial charge on any atom is 0.0676 e. The molecule has 5 heteroatoms. The molecule has 2 unspecified atom stereocenters. The second kappa shape index (κ2) is 6.93. The molecule has 1 aromatic heterocycles. The zero-order valence-corrected chi connectivity index (χ0v) is 11.9. The summed E-state index contributed by atoms with van der Waals surface area (Å²) < 4.78 is 5.67. The largest absolute Gasteiger partial charge is 0.378 e. The van der Waals surface area contributed by atoms with Crippen LogP contribution in [0.1, 0.15) is 55.6 Å². The maximum atomic E-state index is 5.72. The Labute approximate surface area is 114 Å². The van der Waals surface area contributed by atoms with E-state index in [0.29, 0.717) is 6.10 Å². The molecule has 2 heterocycles. The van der Waals surface area contributed by atoms with Crippen molar-refractivity contribution in [1.29, 1.82) is 0 Å². The van der Waals surface area contributed by atoms with Crippen molar-refractivity contribution < 1.29 is 4.74 Å². The summed E-state index contributed by atoms with van der Waals surface area (Å²) in [7, 11) is 0. The lowest BCUT2D eigenvalue weighted by molar-refractivity contribution is 0.0995. The lowest BCUT2D eigenvalue weighted by Gasteiger charge is -2.20. The highest BCUT2D eigenvalue weighted by atomic mass is 16.5. The summed E-state index contributed by atoms with van der Waals surface area (Å²) in [5, 5.41) is 8.39. The fourth-order valence-corrected chi connectivity index (χ4v) is 2.66. The molecule has 0 spiro atoms. The van der Waals surface area contributed by atoms with Gasteiger partial charge in [0.1, 0.15) is 0 Å². The third kappa shape index (κ3) is 3.72. The highest BCUT2D eigenvalue weighted by molar-refractivity contribution is 5.24. The minimum Gasteiger partial charge on any atom is -0.378 e. The summed E-state index contributed by atoms with van der Waals surface area (Å²) in [6.45, 7) is 4.96. The van der Waals surface area contributed by atoms with Gasteiger partial charge in [-0.15, -0.1) is 0 Å². The average molecular weight is 264 g/mol. The van der Waals surface area contributed by atoms with Gasteiger partial charge in [0, 0.05) is 12.6 Å². The monoisotopic (exact) mass is 264 g/mol. The molecule has 2 rings (SSSR count). The number of hydrogen-bond acceptors (Lipinski definition) is 5. The highest BCUT2D eigenvalue weighted by Gasteiger charge is 2.20. The van der Waals surface area contributed by atoms with E-state index in [1.165, 1.54) is 18.4 Å². The summed E-state index contributed by atoms with van der Waals surface area (Å²) >= 11 is 0. The van der Waals surface area contributed by atoms with Gasteiger partial charge < -0.3 is 4.74 Å². The fourth-order valence-electron chi connectivity index (χ4n) is 2.66. The van der Waals surface area contributed by atoms with Gasteiger partial charge >= 0.3 is 0 Å². The number of ether oxygens (including phenoxy) is 1. The van der Waals surface area contributed by atoms with Gasteiger partial charge in [-0.2, -0.15) is 10.2 Å². The Bertz CT molecular complexity index is 404. The Hall–Kier alpha value is -1.04. The Morgan fingerprint density at radius 3 is 3.00 bits per heavy atom. The summed E-state index contributed by atoms with van der Waals surface area (Å²) in [6, 6.07) is 2.22. The molecular formula is C14H24N4O. The Morgan fingerprint density at radius 2 is 2.37 bits per heavy atom. The lowest BCUT2D eigenvalue weighted by Crippen LogP contribution is -2.30. The lowest BCUT2D eigenvalue weighted by atomic mass is 9.97. The molecule has 19 heavy (non-hydrogen) atoms. The smallest absolute Gasteiger partial charge is 0.0676 e. The second-order valence-corrected chi connectivity index (χ2v) is 5.17. The number of hydrogen-bond donors (Lipinski definition) is 2. The van der Waals surface area contributed by atoms with Crippen molar-refractivity contribution in [3.63, 3.8) is 0 Å². The molecule has 0 amide bonds. The van der Waals surface area contributed by atoms with Gasteiger partial charge in [-0.25, -0.2) is 0 Å². The molecular weight excluding hydrogens is 240 g/mol. The van der Waals surface area contributed by atoms with E-state index in [9.17, 15) is 0 Å². The molecule has 0 aliphatic carbocycles. The molecule has 5 nitrogen and oxygen atoms in total. The van der Waals surface area contributed by atoms with Crippen molar-refractivity contribution in [1.82, 2.24) is 15.6 Å². The van der Waals surface area contributed by atoms with Gasteiger partial charge in [0.2, 0.25) is 0 Å². The van der Waals surface area contributed by atoms with E-state index in [2.05, 4.69) is 28.6 Å². The van der Waals surface area contributed by atoms with Crippen LogP contribution in [0.25, 0.3) is 0 Å². The number of aromatic nitrogens is 2. The maximum absolute atomic E-state index is 5.72. The minimum absolute atomic E-state index is 0.133. The summed E-state index contributed by atoms with van der Waals surface area (Å²) in [5.41, 5.74) is 6.06. The van der Waals surface area contributed by atoms with E-state index < -0.39 is 0 Å². The fraction of sp³-hybridized carbons (Fsp3) is 0.714. The van der Waals surface area contributed by atoms with Crippen molar-refractivity contribution >= 4 is 0 Å². The van der Waals surface area contributed by atoms with Crippen molar-refractivity contribution in [2.75, 3.05) is 6.61 Å². The Balaban J connectivity index is 2.05. The van der Waals surface area contributed by atoms with Crippen molar-refractivity contribution in [3.8, 4) is 0 Å². The Kier molecular flexibility index (Phi) is 5.24. The summed E-state index contributed by atoms with van der Waals surface area (Å²) in [5.74, 6) is 5.72. The van der Waals surface area contributed by atoms with Crippen LogP contribution >= 0.6 is 0 Å². The van der Waals surface area contributed by atoms with Crippen LogP contribution in [0.2, 0.25) is 0 Å². The van der Waals surface area contributed by atoms with Crippen LogP contribution in [0.4, 0.5) is 0 Å². The first kappa shape index (κ1) is 14.4. The zero-order chi connectivity index (χ0) is 13.7. The minimum atomic E-state index is 0.133. The van der Waals surface area contributed by atoms with E-state index in [4.69, 9.17) is 10.6 Å². The molecule has 0 radical (unpaired) electrons. The van der Waals surface area contributed by atoms with Crippen LogP contribution in [-0.4, -0.2) is 22.9 Å². The van der Waals surface area contributed by atoms with Gasteiger partial charge in [0.15, 0.2) is 0 Å². The van der Waals surface area contributed by atoms with Crippen LogP contribution in [0.3, 0.4) is 0 Å². The van der Waals surface area contributed by atoms with Gasteiger partial charge in [0.25, 0.3) is 0 Å². The van der Waals surface area contributed by atoms with Crippen LogP contribution in [-0.2, 0) is 11.2 Å². The third-order valence-corrected chi connectivity index (χ3v) is 3.74. The molecule has 0 saturated carbocycles. The van der Waals surface area contributed by atoms with Crippen molar-refractivity contribution in [3.05, 3.63) is 23.0 Å². The van der Waals surface area contributed by atoms with Crippen LogP contribution in [0.5, 0.6) is 0 Å². The standard InChI is InChI=1S/C14H24N4O/c1-3-13-12(9-10(2)17-18-13)14(16-15)7-6-11-5-4-8-19-11/h9,11,14,16H,3-8,15H2,1-2H3. The topological polar surface area (TPSA) is 73.1 Å². The predicted molar refractivity (Wildman–Crippen MR) is 74.4 cm³/mol. The average Bonchev–Trinajstić information content (AvgIpc) is 2.93. The molecule has 1 aliphatic heterocycles. The van der Waals surface area contributed by atoms with E-state index in [-0.39, 0.29) is 6.04 Å². The van der Waals surface area contributed by atoms with Crippen LogP contribution in [0, 0.1) is 6.92 Å². The highest BCUT2D eigenvalue weighted by Crippen LogP contribution is 2.25. The summed E-state index contributed by atoms with van der Waals surface area (Å²) in [6.07, 6.45) is 5.64. The van der Waals surface area contributed by atoms with E-state index in [1.54, 1.807) is 0 Å². The predicted octanol–water partition coefficient (Wildman–Crippen LogP) is 1.81. The van der Waals surface area contributed by atoms with Gasteiger partial charge in [-0.3, -0.25) is 11.3 Å². The van der Waals surface area contributed by atoms with Crippen molar-refractivity contribution in [2.45, 2.75) is 58.1 Å². The number of nitrogens with one attached hydrogen (secondary N) is 1. The number of hydrazine groups is 1. The van der Waals surface area contributed by atoms with Gasteiger partial charge in [-0.1, -0.05) is 6.92 Å². The molecule has 1 saturated heterocycles. The summed E-state index contributed by atoms with van der Waals surface area (Å²) in [4.78, 5) is 0. The normalized spacial score (nSPS) is 20.7. The van der Waals surface area contributed by atoms with Crippen LogP contribution < -0.4 is 11.3 Å². The van der Waals surface area contributed by atoms with E-state index in [0.717, 1.165) is 37.3 Å². The molecule has 1 fully saturated rings. The first-order valence-electron chi connectivity index (χ1n) is 7.15. The molecule has 106 valence electrons. The number of rotatable bonds is 6. The van der Waals surface area contributed by atoms with Crippen LogP contribution in [0.15, 0.2) is 6.07 Å². The molecule has 0 aromatic carbocycles. The second-order valence-electron chi connectivity index (χ2n) is 5.17. The third-order valence-electron chi connectivity index (χ3n) is 3.74. The molecule has 2 atom stereocenters. The number of aryl methyl sites for hydroxylation is 2. The zero-order valence-electron chi connectivity index (χ0n) is 11.9. The molecule has 1 aromatic rings. The van der Waals surface area contributed by atoms with E-state index >= 15 is 0 Å². The molecule has 1 aliphatic rings. The SMILES string of the molecule is CCc1nnc(C)cc1C(CCC1CCCO1)NN. The van der Waals surface area contributed by atoms with Gasteiger partial charge in [-0.05, 0) is 50.7 Å². The number of nitrogens with two attached hydrogens (primary N) is 1. The van der Waals surface area contributed by atoms with Crippen molar-refractivity contribution in [2.24, 2.45) is 5.84 Å². The molecule has 3 N–H and O–H groups in total. The Morgan fingerprint density at radius 1 is 1.53 bits per heavy atom. The quantitative estimate of drug-likeness (QED) is 0.605.